The van der Waals surface area contributed by atoms with Crippen molar-refractivity contribution in [2.45, 2.75) is 6.61 Å². The summed E-state index contributed by atoms with van der Waals surface area (Å²) in [6, 6.07) is 13.1. The number of nitriles is 1. The number of pyridine rings is 1. The van der Waals surface area contributed by atoms with Gasteiger partial charge in [-0.2, -0.15) is 5.26 Å². The number of benzene rings is 1. The number of nitrogens with zero attached hydrogens (tertiary/aromatic N) is 2. The smallest absolute Gasteiger partial charge is 0.246 e. The fourth-order valence-corrected chi connectivity index (χ4v) is 2.11. The van der Waals surface area contributed by atoms with Crippen LogP contribution in [-0.2, 0) is 6.61 Å². The molecule has 3 rings (SSSR count). The van der Waals surface area contributed by atoms with Gasteiger partial charge in [0.15, 0.2) is 5.75 Å². The Morgan fingerprint density at radius 3 is 2.90 bits per heavy atom. The molecule has 5 nitrogen and oxygen atoms in total. The molecule has 1 aromatic carbocycles. The minimum absolute atomic E-state index is 0.166. The fourth-order valence-electron chi connectivity index (χ4n) is 2.11. The SMILES string of the molecule is COc1ncccc1COc1c(C#N)oc2ccccc12. The van der Waals surface area contributed by atoms with Crippen LogP contribution in [0.1, 0.15) is 11.3 Å². The number of para-hydroxylation sites is 1. The summed E-state index contributed by atoms with van der Waals surface area (Å²) < 4.78 is 16.4. The van der Waals surface area contributed by atoms with Gasteiger partial charge >= 0.3 is 0 Å². The molecule has 21 heavy (non-hydrogen) atoms. The molecular formula is C16H12N2O3. The van der Waals surface area contributed by atoms with E-state index in [9.17, 15) is 0 Å². The van der Waals surface area contributed by atoms with Crippen LogP contribution >= 0.6 is 0 Å². The molecule has 0 aliphatic carbocycles. The van der Waals surface area contributed by atoms with E-state index < -0.39 is 0 Å². The molecular weight excluding hydrogens is 268 g/mol. The predicted octanol–water partition coefficient (Wildman–Crippen LogP) is 3.29. The highest BCUT2D eigenvalue weighted by Crippen LogP contribution is 2.33. The number of aromatic nitrogens is 1. The van der Waals surface area contributed by atoms with Gasteiger partial charge in [-0.25, -0.2) is 4.98 Å². The van der Waals surface area contributed by atoms with E-state index in [1.165, 1.54) is 0 Å². The lowest BCUT2D eigenvalue weighted by Gasteiger charge is -2.08. The minimum Gasteiger partial charge on any atom is -0.483 e. The molecule has 0 unspecified atom stereocenters. The van der Waals surface area contributed by atoms with E-state index in [2.05, 4.69) is 4.98 Å². The first-order valence-corrected chi connectivity index (χ1v) is 6.36. The molecule has 2 heterocycles. The lowest BCUT2D eigenvalue weighted by atomic mass is 10.2. The Morgan fingerprint density at radius 1 is 1.24 bits per heavy atom. The van der Waals surface area contributed by atoms with Crippen LogP contribution < -0.4 is 9.47 Å². The maximum atomic E-state index is 9.16. The quantitative estimate of drug-likeness (QED) is 0.733. The molecule has 0 aliphatic heterocycles. The van der Waals surface area contributed by atoms with Crippen molar-refractivity contribution in [3.63, 3.8) is 0 Å². The average Bonchev–Trinajstić information content (AvgIpc) is 2.91. The highest BCUT2D eigenvalue weighted by molar-refractivity contribution is 5.86. The number of hydrogen-bond donors (Lipinski definition) is 0. The van der Waals surface area contributed by atoms with Crippen LogP contribution in [0.3, 0.4) is 0 Å². The van der Waals surface area contributed by atoms with E-state index >= 15 is 0 Å². The van der Waals surface area contributed by atoms with Gasteiger partial charge in [-0.1, -0.05) is 12.1 Å². The molecule has 2 aromatic heterocycles. The number of ether oxygens (including phenoxy) is 2. The molecule has 0 saturated carbocycles. The zero-order valence-corrected chi connectivity index (χ0v) is 11.4. The van der Waals surface area contributed by atoms with E-state index in [4.69, 9.17) is 19.2 Å². The first-order chi connectivity index (χ1) is 10.3. The summed E-state index contributed by atoms with van der Waals surface area (Å²) in [5, 5.41) is 9.93. The van der Waals surface area contributed by atoms with Crippen LogP contribution in [0, 0.1) is 11.3 Å². The largest absolute Gasteiger partial charge is 0.483 e. The minimum atomic E-state index is 0.166. The summed E-state index contributed by atoms with van der Waals surface area (Å²) in [5.74, 6) is 1.11. The molecule has 0 saturated heterocycles. The monoisotopic (exact) mass is 280 g/mol. The molecule has 0 fully saturated rings. The van der Waals surface area contributed by atoms with Gasteiger partial charge in [0, 0.05) is 6.20 Å². The number of fused-ring (bicyclic) bond motifs is 1. The third-order valence-corrected chi connectivity index (χ3v) is 3.07. The van der Waals surface area contributed by atoms with Crippen LogP contribution in [0.15, 0.2) is 47.0 Å². The molecule has 104 valence electrons. The van der Waals surface area contributed by atoms with Crippen molar-refractivity contribution in [3.05, 3.63) is 53.9 Å². The van der Waals surface area contributed by atoms with Gasteiger partial charge in [-0.3, -0.25) is 0 Å². The topological polar surface area (TPSA) is 68.3 Å². The number of rotatable bonds is 4. The fraction of sp³-hybridized carbons (Fsp3) is 0.125. The molecule has 5 heteroatoms. The normalized spacial score (nSPS) is 10.3. The van der Waals surface area contributed by atoms with Crippen LogP contribution in [0.25, 0.3) is 11.0 Å². The maximum Gasteiger partial charge on any atom is 0.246 e. The van der Waals surface area contributed by atoms with Gasteiger partial charge in [0.05, 0.1) is 18.1 Å². The summed E-state index contributed by atoms with van der Waals surface area (Å²) in [5.41, 5.74) is 1.43. The summed E-state index contributed by atoms with van der Waals surface area (Å²) in [7, 11) is 1.56. The van der Waals surface area contributed by atoms with Crippen molar-refractivity contribution in [1.82, 2.24) is 4.98 Å². The van der Waals surface area contributed by atoms with E-state index in [0.717, 1.165) is 10.9 Å². The van der Waals surface area contributed by atoms with E-state index in [1.54, 1.807) is 25.4 Å². The predicted molar refractivity (Wildman–Crippen MR) is 76.1 cm³/mol. The molecule has 0 spiro atoms. The Morgan fingerprint density at radius 2 is 2.10 bits per heavy atom. The Kier molecular flexibility index (Phi) is 3.44. The van der Waals surface area contributed by atoms with Gasteiger partial charge in [0.2, 0.25) is 11.6 Å². The third kappa shape index (κ3) is 2.39. The van der Waals surface area contributed by atoms with Gasteiger partial charge in [0.1, 0.15) is 18.3 Å². The summed E-state index contributed by atoms with van der Waals surface area (Å²) in [6.45, 7) is 0.245. The van der Waals surface area contributed by atoms with Gasteiger partial charge in [0.25, 0.3) is 0 Å². The molecule has 0 N–H and O–H groups in total. The summed E-state index contributed by atoms with van der Waals surface area (Å²) >= 11 is 0. The molecule has 0 aliphatic rings. The Bertz CT molecular complexity index is 818. The lowest BCUT2D eigenvalue weighted by molar-refractivity contribution is 0.292. The summed E-state index contributed by atoms with van der Waals surface area (Å²) in [6.07, 6.45) is 1.65. The van der Waals surface area contributed by atoms with Crippen molar-refractivity contribution in [2.24, 2.45) is 0 Å². The van der Waals surface area contributed by atoms with Crippen molar-refractivity contribution < 1.29 is 13.9 Å². The number of furan rings is 1. The first kappa shape index (κ1) is 13.0. The number of methoxy groups -OCH3 is 1. The van der Waals surface area contributed by atoms with Crippen LogP contribution in [-0.4, -0.2) is 12.1 Å². The highest BCUT2D eigenvalue weighted by Gasteiger charge is 2.16. The summed E-state index contributed by atoms with van der Waals surface area (Å²) in [4.78, 5) is 4.11. The van der Waals surface area contributed by atoms with E-state index in [-0.39, 0.29) is 12.4 Å². The molecule has 0 atom stereocenters. The van der Waals surface area contributed by atoms with Crippen molar-refractivity contribution in [1.29, 1.82) is 5.26 Å². The van der Waals surface area contributed by atoms with Crippen LogP contribution in [0.5, 0.6) is 11.6 Å². The molecule has 0 bridgehead atoms. The second-order valence-electron chi connectivity index (χ2n) is 4.33. The second kappa shape index (κ2) is 5.55. The highest BCUT2D eigenvalue weighted by atomic mass is 16.5. The van der Waals surface area contributed by atoms with Crippen LogP contribution in [0.4, 0.5) is 0 Å². The van der Waals surface area contributed by atoms with Crippen molar-refractivity contribution >= 4 is 11.0 Å². The Labute approximate surface area is 121 Å². The van der Waals surface area contributed by atoms with Gasteiger partial charge in [-0.05, 0) is 24.3 Å². The molecule has 0 amide bonds. The average molecular weight is 280 g/mol. The third-order valence-electron chi connectivity index (χ3n) is 3.07. The second-order valence-corrected chi connectivity index (χ2v) is 4.33. The van der Waals surface area contributed by atoms with Gasteiger partial charge in [-0.15, -0.1) is 0 Å². The molecule has 3 aromatic rings. The zero-order chi connectivity index (χ0) is 14.7. The van der Waals surface area contributed by atoms with E-state index in [1.807, 2.05) is 30.3 Å². The zero-order valence-electron chi connectivity index (χ0n) is 11.4. The standard InChI is InChI=1S/C16H12N2O3/c1-19-16-11(5-4-8-18-16)10-20-15-12-6-2-3-7-13(12)21-14(15)9-17/h2-8H,10H2,1H3. The lowest BCUT2D eigenvalue weighted by Crippen LogP contribution is -2.00. The maximum absolute atomic E-state index is 9.16. The van der Waals surface area contributed by atoms with Crippen molar-refractivity contribution in [2.75, 3.05) is 7.11 Å². The first-order valence-electron chi connectivity index (χ1n) is 6.36. The Hall–Kier alpha value is -3.00. The van der Waals surface area contributed by atoms with Crippen molar-refractivity contribution in [3.8, 4) is 17.7 Å². The number of hydrogen-bond acceptors (Lipinski definition) is 5. The van der Waals surface area contributed by atoms with E-state index in [0.29, 0.717) is 17.2 Å². The Balaban J connectivity index is 1.93. The van der Waals surface area contributed by atoms with Gasteiger partial charge < -0.3 is 13.9 Å². The molecule has 0 radical (unpaired) electrons. The van der Waals surface area contributed by atoms with Crippen LogP contribution in [0.2, 0.25) is 0 Å².